The minimum absolute atomic E-state index is 0.545. The fourth-order valence-electron chi connectivity index (χ4n) is 3.03. The van der Waals surface area contributed by atoms with Gasteiger partial charge in [-0.25, -0.2) is 0 Å². The van der Waals surface area contributed by atoms with Gasteiger partial charge in [0.2, 0.25) is 0 Å². The lowest BCUT2D eigenvalue weighted by Gasteiger charge is -2.27. The molecule has 0 N–H and O–H groups in total. The predicted molar refractivity (Wildman–Crippen MR) is 92.1 cm³/mol. The van der Waals surface area contributed by atoms with Crippen LogP contribution < -0.4 is 0 Å². The lowest BCUT2D eigenvalue weighted by molar-refractivity contribution is -0.137. The third-order valence-electron chi connectivity index (χ3n) is 4.82. The molecule has 0 aliphatic rings. The number of unbranched alkanes of at least 4 members (excludes halogenated alkanes) is 3. The Labute approximate surface area is 139 Å². The van der Waals surface area contributed by atoms with Gasteiger partial charge in [0.05, 0.1) is 5.56 Å². The van der Waals surface area contributed by atoms with E-state index in [0.29, 0.717) is 0 Å². The fourth-order valence-corrected chi connectivity index (χ4v) is 5.91. The maximum absolute atomic E-state index is 12.7. The van der Waals surface area contributed by atoms with Gasteiger partial charge in [0, 0.05) is 7.11 Å². The van der Waals surface area contributed by atoms with Gasteiger partial charge < -0.3 is 4.43 Å². The van der Waals surface area contributed by atoms with Crippen molar-refractivity contribution in [2.24, 2.45) is 0 Å². The predicted octanol–water partition coefficient (Wildman–Crippen LogP) is 6.44. The molecule has 0 saturated carbocycles. The molecule has 0 aliphatic heterocycles. The Morgan fingerprint density at radius 2 is 1.65 bits per heavy atom. The molecule has 0 amide bonds. The van der Waals surface area contributed by atoms with Crippen molar-refractivity contribution in [2.45, 2.75) is 70.3 Å². The van der Waals surface area contributed by atoms with Crippen LogP contribution in [0.2, 0.25) is 18.1 Å². The smallest absolute Gasteiger partial charge is 0.416 e. The van der Waals surface area contributed by atoms with Crippen LogP contribution in [0.1, 0.15) is 50.7 Å². The van der Waals surface area contributed by atoms with E-state index in [-0.39, 0.29) is 0 Å². The normalized spacial score (nSPS) is 12.6. The van der Waals surface area contributed by atoms with Gasteiger partial charge in [-0.1, -0.05) is 51.3 Å². The minimum atomic E-state index is -4.25. The molecule has 0 aromatic heterocycles. The molecule has 132 valence electrons. The van der Waals surface area contributed by atoms with Crippen LogP contribution in [0, 0.1) is 0 Å². The summed E-state index contributed by atoms with van der Waals surface area (Å²) >= 11 is 0. The van der Waals surface area contributed by atoms with Gasteiger partial charge in [0.25, 0.3) is 0 Å². The summed E-state index contributed by atoms with van der Waals surface area (Å²) in [5.74, 6) is 0. The summed E-state index contributed by atoms with van der Waals surface area (Å²) in [6.45, 7) is 4.43. The minimum Gasteiger partial charge on any atom is -0.420 e. The first-order chi connectivity index (χ1) is 10.9. The third-order valence-corrected chi connectivity index (χ3v) is 9.53. The molecule has 0 bridgehead atoms. The molecular formula is C18H29F3OSi. The Balaban J connectivity index is 2.31. The molecule has 23 heavy (non-hydrogen) atoms. The first-order valence-electron chi connectivity index (χ1n) is 8.58. The average molecular weight is 347 g/mol. The monoisotopic (exact) mass is 346 g/mol. The Morgan fingerprint density at radius 3 is 2.22 bits per heavy atom. The van der Waals surface area contributed by atoms with Crippen molar-refractivity contribution >= 4 is 8.32 Å². The molecule has 1 nitrogen and oxygen atoms in total. The van der Waals surface area contributed by atoms with Gasteiger partial charge >= 0.3 is 6.18 Å². The van der Waals surface area contributed by atoms with Crippen molar-refractivity contribution in [2.75, 3.05) is 7.11 Å². The number of rotatable bonds is 10. The Bertz CT molecular complexity index is 448. The number of hydrogen-bond acceptors (Lipinski definition) is 1. The van der Waals surface area contributed by atoms with Gasteiger partial charge in [-0.2, -0.15) is 13.2 Å². The SMILES string of the molecule is CC[Si](CC)(CCCCCCc1cccc(C(F)(F)F)c1)OC. The molecule has 0 atom stereocenters. The summed E-state index contributed by atoms with van der Waals surface area (Å²) < 4.78 is 43.8. The molecule has 5 heteroatoms. The molecule has 0 aliphatic carbocycles. The second kappa shape index (κ2) is 9.47. The van der Waals surface area contributed by atoms with Crippen LogP contribution in [0.25, 0.3) is 0 Å². The first-order valence-corrected chi connectivity index (χ1v) is 11.1. The number of benzene rings is 1. The highest BCUT2D eigenvalue weighted by atomic mass is 28.4. The number of hydrogen-bond donors (Lipinski definition) is 0. The van der Waals surface area contributed by atoms with Gasteiger partial charge in [0.15, 0.2) is 8.32 Å². The summed E-state index contributed by atoms with van der Waals surface area (Å²) in [6.07, 6.45) is 0.795. The van der Waals surface area contributed by atoms with Crippen LogP contribution in [0.3, 0.4) is 0 Å². The van der Waals surface area contributed by atoms with Gasteiger partial charge in [-0.05, 0) is 42.6 Å². The second-order valence-electron chi connectivity index (χ2n) is 6.21. The zero-order chi connectivity index (χ0) is 17.3. The molecular weight excluding hydrogens is 317 g/mol. The van der Waals surface area contributed by atoms with Crippen molar-refractivity contribution in [3.63, 3.8) is 0 Å². The maximum atomic E-state index is 12.7. The highest BCUT2D eigenvalue weighted by Gasteiger charge is 2.30. The molecule has 0 spiro atoms. The lowest BCUT2D eigenvalue weighted by Crippen LogP contribution is -2.34. The summed E-state index contributed by atoms with van der Waals surface area (Å²) in [6, 6.07) is 9.20. The Kier molecular flexibility index (Phi) is 8.33. The standard InChI is InChI=1S/C18H29F3OSi/c1-4-23(5-2,22-3)14-9-7-6-8-11-16-12-10-13-17(15-16)18(19,20)21/h10,12-13,15H,4-9,11,14H2,1-3H3. The van der Waals surface area contributed by atoms with E-state index < -0.39 is 20.1 Å². The van der Waals surface area contributed by atoms with E-state index in [0.717, 1.165) is 49.4 Å². The van der Waals surface area contributed by atoms with E-state index in [1.165, 1.54) is 24.6 Å². The van der Waals surface area contributed by atoms with Crippen molar-refractivity contribution < 1.29 is 17.6 Å². The second-order valence-corrected chi connectivity index (χ2v) is 10.9. The zero-order valence-corrected chi connectivity index (χ0v) is 15.5. The first kappa shape index (κ1) is 20.2. The van der Waals surface area contributed by atoms with Crippen molar-refractivity contribution in [3.8, 4) is 0 Å². The van der Waals surface area contributed by atoms with Gasteiger partial charge in [-0.15, -0.1) is 0 Å². The number of halogens is 3. The van der Waals surface area contributed by atoms with Crippen LogP contribution >= 0.6 is 0 Å². The molecule has 0 radical (unpaired) electrons. The van der Waals surface area contributed by atoms with E-state index >= 15 is 0 Å². The average Bonchev–Trinajstić information content (AvgIpc) is 2.54. The summed E-state index contributed by atoms with van der Waals surface area (Å²) in [5, 5.41) is 0. The van der Waals surface area contributed by atoms with Crippen LogP contribution in [-0.4, -0.2) is 15.4 Å². The quantitative estimate of drug-likeness (QED) is 0.350. The van der Waals surface area contributed by atoms with E-state index in [1.807, 2.05) is 7.11 Å². The molecule has 0 heterocycles. The van der Waals surface area contributed by atoms with E-state index in [1.54, 1.807) is 6.07 Å². The topological polar surface area (TPSA) is 9.23 Å². The Morgan fingerprint density at radius 1 is 1.00 bits per heavy atom. The molecule has 0 unspecified atom stereocenters. The summed E-state index contributed by atoms with van der Waals surface area (Å²) in [7, 11) is 0.345. The maximum Gasteiger partial charge on any atom is 0.416 e. The zero-order valence-electron chi connectivity index (χ0n) is 14.5. The summed E-state index contributed by atoms with van der Waals surface area (Å²) in [4.78, 5) is 0. The van der Waals surface area contributed by atoms with Crippen molar-refractivity contribution in [1.29, 1.82) is 0 Å². The number of aryl methyl sites for hydroxylation is 1. The molecule has 1 aromatic carbocycles. The largest absolute Gasteiger partial charge is 0.420 e. The van der Waals surface area contributed by atoms with Crippen LogP contribution in [0.5, 0.6) is 0 Å². The Hall–Kier alpha value is -0.813. The molecule has 1 rings (SSSR count). The van der Waals surface area contributed by atoms with Gasteiger partial charge in [-0.3, -0.25) is 0 Å². The van der Waals surface area contributed by atoms with Crippen LogP contribution in [0.4, 0.5) is 13.2 Å². The molecule has 1 aromatic rings. The summed E-state index contributed by atoms with van der Waals surface area (Å²) in [5.41, 5.74) is 0.235. The van der Waals surface area contributed by atoms with E-state index in [2.05, 4.69) is 13.8 Å². The third kappa shape index (κ3) is 6.67. The number of alkyl halides is 3. The highest BCUT2D eigenvalue weighted by Crippen LogP contribution is 2.30. The van der Waals surface area contributed by atoms with E-state index in [4.69, 9.17) is 4.43 Å². The van der Waals surface area contributed by atoms with Crippen LogP contribution in [-0.2, 0) is 17.0 Å². The van der Waals surface area contributed by atoms with Crippen molar-refractivity contribution in [3.05, 3.63) is 35.4 Å². The van der Waals surface area contributed by atoms with E-state index in [9.17, 15) is 13.2 Å². The lowest BCUT2D eigenvalue weighted by atomic mass is 10.0. The molecule has 0 saturated heterocycles. The van der Waals surface area contributed by atoms with Crippen molar-refractivity contribution in [1.82, 2.24) is 0 Å². The van der Waals surface area contributed by atoms with Crippen LogP contribution in [0.15, 0.2) is 24.3 Å². The fraction of sp³-hybridized carbons (Fsp3) is 0.667. The highest BCUT2D eigenvalue weighted by molar-refractivity contribution is 6.73. The molecule has 0 fully saturated rings. The van der Waals surface area contributed by atoms with Gasteiger partial charge in [0.1, 0.15) is 0 Å².